The lowest BCUT2D eigenvalue weighted by Crippen LogP contribution is -2.33. The Kier molecular flexibility index (Phi) is 5.83. The minimum absolute atomic E-state index is 0.152. The van der Waals surface area contributed by atoms with Crippen LogP contribution in [0, 0.1) is 5.82 Å². The molecule has 6 heteroatoms. The maximum absolute atomic E-state index is 13.7. The van der Waals surface area contributed by atoms with E-state index in [4.69, 9.17) is 4.74 Å². The summed E-state index contributed by atoms with van der Waals surface area (Å²) in [7, 11) is 0. The van der Waals surface area contributed by atoms with Crippen molar-refractivity contribution in [2.24, 2.45) is 0 Å². The van der Waals surface area contributed by atoms with Gasteiger partial charge in [-0.15, -0.1) is 0 Å². The predicted molar refractivity (Wildman–Crippen MR) is 99.6 cm³/mol. The molecule has 1 N–H and O–H groups in total. The van der Waals surface area contributed by atoms with Gasteiger partial charge in [0.25, 0.3) is 5.91 Å². The van der Waals surface area contributed by atoms with E-state index >= 15 is 0 Å². The van der Waals surface area contributed by atoms with Crippen molar-refractivity contribution >= 4 is 33.9 Å². The number of carbonyl (C=O) groups excluding carboxylic acids is 2. The normalized spacial score (nSPS) is 14.8. The summed E-state index contributed by atoms with van der Waals surface area (Å²) >= 11 is 3.25. The molecule has 0 bridgehead atoms. The maximum Gasteiger partial charge on any atom is 0.331 e. The Morgan fingerprint density at radius 2 is 1.92 bits per heavy atom. The van der Waals surface area contributed by atoms with Crippen LogP contribution in [0.3, 0.4) is 0 Å². The summed E-state index contributed by atoms with van der Waals surface area (Å²) < 4.78 is 19.8. The summed E-state index contributed by atoms with van der Waals surface area (Å²) in [5.74, 6) is -1.53. The molecule has 1 unspecified atom stereocenters. The SMILES string of the molecule is O=C(/C=C/c1cc(Br)ccc1F)OC(C(=O)NC1CC1)c1ccccc1. The first-order valence-electron chi connectivity index (χ1n) is 8.22. The number of hydrogen-bond acceptors (Lipinski definition) is 3. The van der Waals surface area contributed by atoms with Crippen molar-refractivity contribution < 1.29 is 18.7 Å². The Morgan fingerprint density at radius 1 is 1.19 bits per heavy atom. The highest BCUT2D eigenvalue weighted by Crippen LogP contribution is 2.23. The van der Waals surface area contributed by atoms with Gasteiger partial charge < -0.3 is 10.1 Å². The molecule has 0 heterocycles. The third-order valence-corrected chi connectivity index (χ3v) is 4.35. The molecule has 1 amide bonds. The van der Waals surface area contributed by atoms with E-state index in [2.05, 4.69) is 21.2 Å². The standard InChI is InChI=1S/C20H17BrFNO3/c21-15-7-10-17(22)14(12-15)6-11-18(24)26-19(13-4-2-1-3-5-13)20(25)23-16-8-9-16/h1-7,10-12,16,19H,8-9H2,(H,23,25)/b11-6+. The molecule has 4 nitrogen and oxygen atoms in total. The molecule has 2 aromatic carbocycles. The summed E-state index contributed by atoms with van der Waals surface area (Å²) in [4.78, 5) is 24.6. The average molecular weight is 418 g/mol. The number of hydrogen-bond donors (Lipinski definition) is 1. The minimum Gasteiger partial charge on any atom is -0.444 e. The number of nitrogens with one attached hydrogen (secondary N) is 1. The highest BCUT2D eigenvalue weighted by molar-refractivity contribution is 9.10. The summed E-state index contributed by atoms with van der Waals surface area (Å²) in [6.07, 6.45) is 3.27. The van der Waals surface area contributed by atoms with Crippen LogP contribution in [0.25, 0.3) is 6.08 Å². The average Bonchev–Trinajstić information content (AvgIpc) is 3.45. The molecule has 0 radical (unpaired) electrons. The fourth-order valence-electron chi connectivity index (χ4n) is 2.36. The van der Waals surface area contributed by atoms with Crippen LogP contribution in [-0.2, 0) is 14.3 Å². The fraction of sp³-hybridized carbons (Fsp3) is 0.200. The summed E-state index contributed by atoms with van der Waals surface area (Å²) in [5, 5.41) is 2.84. The monoisotopic (exact) mass is 417 g/mol. The van der Waals surface area contributed by atoms with E-state index in [0.29, 0.717) is 10.0 Å². The van der Waals surface area contributed by atoms with E-state index < -0.39 is 17.9 Å². The molecule has 1 fully saturated rings. The predicted octanol–water partition coefficient (Wildman–Crippen LogP) is 4.16. The molecule has 26 heavy (non-hydrogen) atoms. The van der Waals surface area contributed by atoms with Gasteiger partial charge in [0.15, 0.2) is 0 Å². The van der Waals surface area contributed by atoms with Crippen LogP contribution in [-0.4, -0.2) is 17.9 Å². The van der Waals surface area contributed by atoms with Gasteiger partial charge in [-0.25, -0.2) is 9.18 Å². The lowest BCUT2D eigenvalue weighted by Gasteiger charge is -2.17. The smallest absolute Gasteiger partial charge is 0.331 e. The van der Waals surface area contributed by atoms with E-state index in [1.807, 2.05) is 6.07 Å². The molecule has 0 aliphatic heterocycles. The molecular weight excluding hydrogens is 401 g/mol. The quantitative estimate of drug-likeness (QED) is 0.566. The second-order valence-electron chi connectivity index (χ2n) is 6.01. The van der Waals surface area contributed by atoms with Gasteiger partial charge in [-0.05, 0) is 37.1 Å². The number of rotatable bonds is 6. The van der Waals surface area contributed by atoms with Crippen molar-refractivity contribution in [3.63, 3.8) is 0 Å². The summed E-state index contributed by atoms with van der Waals surface area (Å²) in [5.41, 5.74) is 0.830. The van der Waals surface area contributed by atoms with Crippen molar-refractivity contribution in [2.45, 2.75) is 25.0 Å². The highest BCUT2D eigenvalue weighted by Gasteiger charge is 2.30. The van der Waals surface area contributed by atoms with E-state index in [0.717, 1.165) is 18.9 Å². The van der Waals surface area contributed by atoms with Crippen molar-refractivity contribution in [1.82, 2.24) is 5.32 Å². The summed E-state index contributed by atoms with van der Waals surface area (Å²) in [6, 6.07) is 13.4. The molecule has 1 aliphatic rings. The Balaban J connectivity index is 1.73. The number of benzene rings is 2. The van der Waals surface area contributed by atoms with Crippen LogP contribution < -0.4 is 5.32 Å². The summed E-state index contributed by atoms with van der Waals surface area (Å²) in [6.45, 7) is 0. The number of ether oxygens (including phenoxy) is 1. The van der Waals surface area contributed by atoms with Crippen molar-refractivity contribution in [3.8, 4) is 0 Å². The highest BCUT2D eigenvalue weighted by atomic mass is 79.9. The van der Waals surface area contributed by atoms with E-state index in [9.17, 15) is 14.0 Å². The van der Waals surface area contributed by atoms with Crippen LogP contribution >= 0.6 is 15.9 Å². The van der Waals surface area contributed by atoms with Crippen LogP contribution in [0.15, 0.2) is 59.1 Å². The zero-order chi connectivity index (χ0) is 18.5. The Bertz CT molecular complexity index is 834. The number of halogens is 2. The molecule has 1 atom stereocenters. The van der Waals surface area contributed by atoms with Crippen LogP contribution in [0.5, 0.6) is 0 Å². The molecule has 2 aromatic rings. The van der Waals surface area contributed by atoms with Gasteiger partial charge >= 0.3 is 5.97 Å². The molecule has 134 valence electrons. The lowest BCUT2D eigenvalue weighted by atomic mass is 10.1. The number of carbonyl (C=O) groups is 2. The second-order valence-corrected chi connectivity index (χ2v) is 6.93. The molecular formula is C20H17BrFNO3. The van der Waals surface area contributed by atoms with Crippen LogP contribution in [0.1, 0.15) is 30.1 Å². The van der Waals surface area contributed by atoms with Crippen molar-refractivity contribution in [1.29, 1.82) is 0 Å². The first kappa shape index (κ1) is 18.3. The van der Waals surface area contributed by atoms with Crippen molar-refractivity contribution in [3.05, 3.63) is 76.0 Å². The van der Waals surface area contributed by atoms with Gasteiger partial charge in [0.2, 0.25) is 6.10 Å². The van der Waals surface area contributed by atoms with Gasteiger partial charge in [-0.1, -0.05) is 46.3 Å². The Hall–Kier alpha value is -2.47. The van der Waals surface area contributed by atoms with E-state index in [-0.39, 0.29) is 17.5 Å². The van der Waals surface area contributed by atoms with Gasteiger partial charge in [-0.2, -0.15) is 0 Å². The van der Waals surface area contributed by atoms with Gasteiger partial charge in [0, 0.05) is 27.7 Å². The van der Waals surface area contributed by atoms with E-state index in [1.54, 1.807) is 36.4 Å². The largest absolute Gasteiger partial charge is 0.444 e. The van der Waals surface area contributed by atoms with Crippen LogP contribution in [0.2, 0.25) is 0 Å². The van der Waals surface area contributed by atoms with Gasteiger partial charge in [0.1, 0.15) is 5.82 Å². The third-order valence-electron chi connectivity index (χ3n) is 3.86. The Morgan fingerprint density at radius 3 is 2.62 bits per heavy atom. The Labute approximate surface area is 159 Å². The molecule has 0 aromatic heterocycles. The zero-order valence-electron chi connectivity index (χ0n) is 13.8. The molecule has 1 aliphatic carbocycles. The maximum atomic E-state index is 13.7. The molecule has 1 saturated carbocycles. The number of esters is 1. The van der Waals surface area contributed by atoms with E-state index in [1.165, 1.54) is 12.1 Å². The zero-order valence-corrected chi connectivity index (χ0v) is 15.4. The van der Waals surface area contributed by atoms with Gasteiger partial charge in [-0.3, -0.25) is 4.79 Å². The van der Waals surface area contributed by atoms with Gasteiger partial charge in [0.05, 0.1) is 0 Å². The number of amides is 1. The first-order chi connectivity index (χ1) is 12.5. The minimum atomic E-state index is -1.04. The topological polar surface area (TPSA) is 55.4 Å². The lowest BCUT2D eigenvalue weighted by molar-refractivity contribution is -0.151. The molecule has 0 spiro atoms. The molecule has 0 saturated heterocycles. The first-order valence-corrected chi connectivity index (χ1v) is 9.01. The van der Waals surface area contributed by atoms with Crippen molar-refractivity contribution in [2.75, 3.05) is 0 Å². The fourth-order valence-corrected chi connectivity index (χ4v) is 2.74. The second kappa shape index (κ2) is 8.27. The third kappa shape index (κ3) is 5.02. The molecule has 3 rings (SSSR count). The van der Waals surface area contributed by atoms with Crippen LogP contribution in [0.4, 0.5) is 4.39 Å².